The highest BCUT2D eigenvalue weighted by atomic mass is 33.1. The summed E-state index contributed by atoms with van der Waals surface area (Å²) in [7, 11) is 2.32. The van der Waals surface area contributed by atoms with Gasteiger partial charge in [0, 0.05) is 0 Å². The van der Waals surface area contributed by atoms with Crippen LogP contribution in [0.25, 0.3) is 0 Å². The molecule has 0 aromatic heterocycles. The van der Waals surface area contributed by atoms with Crippen molar-refractivity contribution in [3.8, 4) is 0 Å². The van der Waals surface area contributed by atoms with Crippen molar-refractivity contribution < 1.29 is 0 Å². The number of nitrogens with two attached hydrogens (primary N) is 2. The summed E-state index contributed by atoms with van der Waals surface area (Å²) in [6, 6.07) is 0. The van der Waals surface area contributed by atoms with Gasteiger partial charge in [0.05, 0.1) is 34.6 Å². The maximum Gasteiger partial charge on any atom is 0.0948 e. The third kappa shape index (κ3) is 5.64. The minimum Gasteiger partial charge on any atom is -0.389 e. The lowest BCUT2D eigenvalue weighted by molar-refractivity contribution is 1.78. The van der Waals surface area contributed by atoms with Gasteiger partial charge in [-0.25, -0.2) is 0 Å². The van der Waals surface area contributed by atoms with Crippen LogP contribution in [0.2, 0.25) is 0 Å². The lowest BCUT2D eigenvalue weighted by Crippen LogP contribution is -1.85. The predicted molar refractivity (Wildman–Crippen MR) is 40.5 cm³/mol. The molecule has 8 heavy (non-hydrogen) atoms. The standard InChI is InChI=1S/C2H6N4S2/c3-1-5-7-8-6-2-4/h1-2H,(H2,3,5)(H2,4,6). The smallest absolute Gasteiger partial charge is 0.0948 e. The summed E-state index contributed by atoms with van der Waals surface area (Å²) in [6.07, 6.45) is 2.40. The van der Waals surface area contributed by atoms with E-state index in [4.69, 9.17) is 11.5 Å². The Kier molecular flexibility index (Phi) is 6.34. The Morgan fingerprint density at radius 3 is 1.62 bits per heavy atom. The highest BCUT2D eigenvalue weighted by Crippen LogP contribution is 2.21. The number of nitrogens with zero attached hydrogens (tertiary/aromatic N) is 2. The maximum absolute atomic E-state index is 4.90. The molecule has 0 aromatic carbocycles. The molecule has 6 heteroatoms. The molecule has 0 saturated heterocycles. The maximum atomic E-state index is 4.90. The first-order valence-corrected chi connectivity index (χ1v) is 3.78. The van der Waals surface area contributed by atoms with Crippen LogP contribution in [-0.4, -0.2) is 12.7 Å². The molecule has 0 rings (SSSR count). The molecular formula is C2H6N4S2. The Morgan fingerprint density at radius 1 is 1.00 bits per heavy atom. The summed E-state index contributed by atoms with van der Waals surface area (Å²) in [5.41, 5.74) is 9.80. The first kappa shape index (κ1) is 7.64. The van der Waals surface area contributed by atoms with E-state index in [1.807, 2.05) is 0 Å². The van der Waals surface area contributed by atoms with E-state index in [1.165, 1.54) is 12.7 Å². The van der Waals surface area contributed by atoms with Gasteiger partial charge in [0.15, 0.2) is 0 Å². The molecular weight excluding hydrogens is 144 g/mol. The lowest BCUT2D eigenvalue weighted by atomic mass is 11.4. The number of rotatable bonds is 3. The molecule has 0 heterocycles. The van der Waals surface area contributed by atoms with Crippen molar-refractivity contribution in [3.63, 3.8) is 0 Å². The molecule has 4 nitrogen and oxygen atoms in total. The van der Waals surface area contributed by atoms with Crippen LogP contribution in [0.1, 0.15) is 0 Å². The second kappa shape index (κ2) is 6.64. The van der Waals surface area contributed by atoms with Gasteiger partial charge in [-0.2, -0.15) is 8.80 Å². The molecule has 0 radical (unpaired) electrons. The van der Waals surface area contributed by atoms with Gasteiger partial charge in [-0.05, 0) is 0 Å². The average molecular weight is 150 g/mol. The Bertz CT molecular complexity index is 78.0. The van der Waals surface area contributed by atoms with Gasteiger partial charge >= 0.3 is 0 Å². The molecule has 0 spiro atoms. The van der Waals surface area contributed by atoms with Gasteiger partial charge in [-0.3, -0.25) is 0 Å². The summed E-state index contributed by atoms with van der Waals surface area (Å²) in [5.74, 6) is 0. The Hall–Kier alpha value is -0.360. The average Bonchev–Trinajstić information content (AvgIpc) is 1.81. The van der Waals surface area contributed by atoms with Crippen molar-refractivity contribution in [2.75, 3.05) is 0 Å². The van der Waals surface area contributed by atoms with E-state index >= 15 is 0 Å². The fraction of sp³-hybridized carbons (Fsp3) is 0. The van der Waals surface area contributed by atoms with Crippen molar-refractivity contribution in [1.82, 2.24) is 0 Å². The quantitative estimate of drug-likeness (QED) is 0.198. The van der Waals surface area contributed by atoms with Crippen molar-refractivity contribution in [2.45, 2.75) is 0 Å². The Balaban J connectivity index is 2.93. The van der Waals surface area contributed by atoms with E-state index in [0.29, 0.717) is 0 Å². The van der Waals surface area contributed by atoms with E-state index in [0.717, 1.165) is 22.0 Å². The van der Waals surface area contributed by atoms with E-state index in [-0.39, 0.29) is 0 Å². The first-order valence-electron chi connectivity index (χ1n) is 1.71. The SMILES string of the molecule is NC=NSSN=CN. The summed E-state index contributed by atoms with van der Waals surface area (Å²) in [6.45, 7) is 0. The topological polar surface area (TPSA) is 76.8 Å². The zero-order chi connectivity index (χ0) is 6.24. The van der Waals surface area contributed by atoms with Crippen molar-refractivity contribution in [3.05, 3.63) is 0 Å². The van der Waals surface area contributed by atoms with Gasteiger partial charge in [-0.1, -0.05) is 0 Å². The summed E-state index contributed by atoms with van der Waals surface area (Å²) < 4.78 is 7.14. The van der Waals surface area contributed by atoms with Crippen molar-refractivity contribution in [1.29, 1.82) is 0 Å². The van der Waals surface area contributed by atoms with Gasteiger partial charge in [0.25, 0.3) is 0 Å². The normalized spacial score (nSPS) is 11.5. The van der Waals surface area contributed by atoms with Crippen LogP contribution in [0, 0.1) is 0 Å². The number of hydrogen-bond acceptors (Lipinski definition) is 4. The van der Waals surface area contributed by atoms with Gasteiger partial charge in [0.1, 0.15) is 0 Å². The van der Waals surface area contributed by atoms with E-state index in [1.54, 1.807) is 0 Å². The van der Waals surface area contributed by atoms with Crippen LogP contribution in [0.15, 0.2) is 8.80 Å². The van der Waals surface area contributed by atoms with Crippen LogP contribution < -0.4 is 11.5 Å². The molecule has 0 bridgehead atoms. The molecule has 0 amide bonds. The van der Waals surface area contributed by atoms with Gasteiger partial charge in [0.2, 0.25) is 0 Å². The molecule has 0 aliphatic rings. The van der Waals surface area contributed by atoms with Crippen LogP contribution in [0.3, 0.4) is 0 Å². The molecule has 0 saturated carbocycles. The van der Waals surface area contributed by atoms with E-state index < -0.39 is 0 Å². The fourth-order valence-electron chi connectivity index (χ4n) is 0.0882. The Labute approximate surface area is 55.5 Å². The molecule has 0 atom stereocenters. The molecule has 0 unspecified atom stereocenters. The zero-order valence-corrected chi connectivity index (χ0v) is 5.65. The van der Waals surface area contributed by atoms with Crippen LogP contribution in [0.5, 0.6) is 0 Å². The van der Waals surface area contributed by atoms with Crippen LogP contribution in [0.4, 0.5) is 0 Å². The zero-order valence-electron chi connectivity index (χ0n) is 4.02. The lowest BCUT2D eigenvalue weighted by Gasteiger charge is -1.79. The Morgan fingerprint density at radius 2 is 1.38 bits per heavy atom. The second-order valence-corrected chi connectivity index (χ2v) is 2.27. The minimum atomic E-state index is 1.16. The van der Waals surface area contributed by atoms with E-state index in [2.05, 4.69) is 8.80 Å². The molecule has 0 aliphatic heterocycles. The fourth-order valence-corrected chi connectivity index (χ4v) is 0.794. The molecule has 0 fully saturated rings. The van der Waals surface area contributed by atoms with Crippen molar-refractivity contribution >= 4 is 34.6 Å². The molecule has 4 N–H and O–H groups in total. The van der Waals surface area contributed by atoms with Gasteiger partial charge < -0.3 is 11.5 Å². The van der Waals surface area contributed by atoms with Gasteiger partial charge in [-0.15, -0.1) is 0 Å². The summed E-state index contributed by atoms with van der Waals surface area (Å²) in [5, 5.41) is 0. The summed E-state index contributed by atoms with van der Waals surface area (Å²) in [4.78, 5) is 0. The molecule has 0 aliphatic carbocycles. The molecule has 0 aromatic rings. The predicted octanol–water partition coefficient (Wildman–Crippen LogP) is 0.172. The third-order valence-electron chi connectivity index (χ3n) is 0.241. The highest BCUT2D eigenvalue weighted by molar-refractivity contribution is 8.75. The molecule has 46 valence electrons. The van der Waals surface area contributed by atoms with E-state index in [9.17, 15) is 0 Å². The number of hydrogen-bond donors (Lipinski definition) is 2. The second-order valence-electron chi connectivity index (χ2n) is 0.658. The minimum absolute atomic E-state index is 1.16. The van der Waals surface area contributed by atoms with Crippen LogP contribution in [-0.2, 0) is 0 Å². The van der Waals surface area contributed by atoms with Crippen LogP contribution >= 0.6 is 22.0 Å². The third-order valence-corrected chi connectivity index (χ3v) is 1.44. The first-order chi connectivity index (χ1) is 3.91. The largest absolute Gasteiger partial charge is 0.389 e. The highest BCUT2D eigenvalue weighted by Gasteiger charge is 1.74. The monoisotopic (exact) mass is 150 g/mol. The summed E-state index contributed by atoms with van der Waals surface area (Å²) >= 11 is 0. The van der Waals surface area contributed by atoms with Crippen molar-refractivity contribution in [2.24, 2.45) is 20.3 Å².